The molecule has 0 heterocycles. The van der Waals surface area contributed by atoms with Crippen LogP contribution in [0.2, 0.25) is 0 Å². The Morgan fingerprint density at radius 3 is 1.36 bits per heavy atom. The van der Waals surface area contributed by atoms with Crippen LogP contribution in [0.4, 0.5) is 0 Å². The van der Waals surface area contributed by atoms with Gasteiger partial charge in [0.15, 0.2) is 0 Å². The predicted molar refractivity (Wildman–Crippen MR) is 277 cm³/mol. The highest BCUT2D eigenvalue weighted by Crippen LogP contribution is 2.16. The first-order valence-electron chi connectivity index (χ1n) is 26.5. The number of aliphatic hydroxyl groups excluding tert-OH is 2. The van der Waals surface area contributed by atoms with Gasteiger partial charge in [-0.1, -0.05) is 227 Å². The van der Waals surface area contributed by atoms with Crippen molar-refractivity contribution in [3.05, 3.63) is 97.2 Å². The maximum atomic E-state index is 13.2. The summed E-state index contributed by atoms with van der Waals surface area (Å²) >= 11 is 0. The van der Waals surface area contributed by atoms with Gasteiger partial charge in [-0.2, -0.15) is 0 Å². The molecule has 0 aromatic rings. The van der Waals surface area contributed by atoms with E-state index in [0.717, 1.165) is 96.3 Å². The monoisotopic (exact) mass is 890 g/mol. The van der Waals surface area contributed by atoms with Gasteiger partial charge in [0.05, 0.1) is 25.2 Å². The molecule has 64 heavy (non-hydrogen) atoms. The SMILES string of the molecule is CC/C=C\C/C=C\C/C=C\C/C=C\C/C=C\CC(CC(=O)NC(CO)C(O)CCCCCCCCCCCCCCC)OC(=O)CCCCCC/C=C\C/C=C\C/C=C\CCCCC. The van der Waals surface area contributed by atoms with E-state index in [1.165, 1.54) is 89.9 Å². The zero-order chi connectivity index (χ0) is 46.7. The van der Waals surface area contributed by atoms with Gasteiger partial charge in [-0.05, 0) is 83.5 Å². The third kappa shape index (κ3) is 45.4. The average Bonchev–Trinajstić information content (AvgIpc) is 3.29. The minimum Gasteiger partial charge on any atom is -0.461 e. The molecular formula is C58H99NO5. The van der Waals surface area contributed by atoms with E-state index in [0.29, 0.717) is 19.3 Å². The highest BCUT2D eigenvalue weighted by Gasteiger charge is 2.23. The summed E-state index contributed by atoms with van der Waals surface area (Å²) in [6.07, 6.45) is 67.6. The molecule has 0 aliphatic carbocycles. The highest BCUT2D eigenvalue weighted by atomic mass is 16.5. The normalized spacial score (nSPS) is 14.0. The van der Waals surface area contributed by atoms with Crippen LogP contribution in [0, 0.1) is 0 Å². The summed E-state index contributed by atoms with van der Waals surface area (Å²) in [5.74, 6) is -0.611. The molecule has 0 aliphatic heterocycles. The average molecular weight is 890 g/mol. The molecule has 0 radical (unpaired) electrons. The first-order valence-corrected chi connectivity index (χ1v) is 26.5. The summed E-state index contributed by atoms with van der Waals surface area (Å²) in [4.78, 5) is 26.1. The Balaban J connectivity index is 4.76. The lowest BCUT2D eigenvalue weighted by Gasteiger charge is -2.24. The van der Waals surface area contributed by atoms with Gasteiger partial charge in [0, 0.05) is 12.8 Å². The Labute approximate surface area is 395 Å². The number of ether oxygens (including phenoxy) is 1. The number of aliphatic hydroxyl groups is 2. The van der Waals surface area contributed by atoms with Crippen LogP contribution in [0.5, 0.6) is 0 Å². The zero-order valence-electron chi connectivity index (χ0n) is 41.6. The molecular weight excluding hydrogens is 791 g/mol. The van der Waals surface area contributed by atoms with E-state index >= 15 is 0 Å². The zero-order valence-corrected chi connectivity index (χ0v) is 41.6. The van der Waals surface area contributed by atoms with Crippen molar-refractivity contribution in [2.75, 3.05) is 6.61 Å². The molecule has 0 rings (SSSR count). The van der Waals surface area contributed by atoms with E-state index in [-0.39, 0.29) is 24.9 Å². The number of carbonyl (C=O) groups excluding carboxylic acids is 2. The van der Waals surface area contributed by atoms with Gasteiger partial charge in [0.25, 0.3) is 0 Å². The second-order valence-electron chi connectivity index (χ2n) is 17.5. The van der Waals surface area contributed by atoms with Crippen LogP contribution in [0.15, 0.2) is 97.2 Å². The number of carbonyl (C=O) groups is 2. The molecule has 366 valence electrons. The van der Waals surface area contributed by atoms with Gasteiger partial charge in [-0.3, -0.25) is 9.59 Å². The Morgan fingerprint density at radius 1 is 0.484 bits per heavy atom. The Bertz CT molecular complexity index is 1270. The number of esters is 1. The summed E-state index contributed by atoms with van der Waals surface area (Å²) in [6, 6.07) is -0.742. The fourth-order valence-corrected chi connectivity index (χ4v) is 7.40. The highest BCUT2D eigenvalue weighted by molar-refractivity contribution is 5.77. The molecule has 3 N–H and O–H groups in total. The van der Waals surface area contributed by atoms with Gasteiger partial charge < -0.3 is 20.3 Å². The van der Waals surface area contributed by atoms with Gasteiger partial charge in [0.2, 0.25) is 5.91 Å². The maximum Gasteiger partial charge on any atom is 0.306 e. The molecule has 0 saturated heterocycles. The number of hydrogen-bond donors (Lipinski definition) is 3. The van der Waals surface area contributed by atoms with Crippen molar-refractivity contribution in [2.24, 2.45) is 0 Å². The fraction of sp³-hybridized carbons (Fsp3) is 0.690. The topological polar surface area (TPSA) is 95.9 Å². The Hall–Kier alpha value is -3.22. The van der Waals surface area contributed by atoms with Crippen LogP contribution in [-0.4, -0.2) is 46.9 Å². The third-order valence-electron chi connectivity index (χ3n) is 11.4. The molecule has 0 fully saturated rings. The van der Waals surface area contributed by atoms with E-state index in [9.17, 15) is 19.8 Å². The van der Waals surface area contributed by atoms with Crippen LogP contribution in [0.3, 0.4) is 0 Å². The van der Waals surface area contributed by atoms with Gasteiger partial charge in [-0.25, -0.2) is 0 Å². The van der Waals surface area contributed by atoms with E-state index in [4.69, 9.17) is 4.74 Å². The Morgan fingerprint density at radius 2 is 0.875 bits per heavy atom. The minimum absolute atomic E-state index is 0.0146. The molecule has 0 bridgehead atoms. The number of hydrogen-bond acceptors (Lipinski definition) is 5. The largest absolute Gasteiger partial charge is 0.461 e. The molecule has 3 atom stereocenters. The molecule has 3 unspecified atom stereocenters. The quantitative estimate of drug-likeness (QED) is 0.0321. The van der Waals surface area contributed by atoms with Crippen molar-refractivity contribution < 1.29 is 24.5 Å². The molecule has 0 aliphatic rings. The van der Waals surface area contributed by atoms with Crippen LogP contribution in [0.1, 0.15) is 233 Å². The van der Waals surface area contributed by atoms with Crippen LogP contribution < -0.4 is 5.32 Å². The number of rotatable bonds is 46. The predicted octanol–water partition coefficient (Wildman–Crippen LogP) is 16.1. The summed E-state index contributed by atoms with van der Waals surface area (Å²) in [6.45, 7) is 6.30. The Kier molecular flexibility index (Phi) is 48.2. The molecule has 6 heteroatoms. The van der Waals surface area contributed by atoms with Crippen molar-refractivity contribution in [2.45, 2.75) is 251 Å². The van der Waals surface area contributed by atoms with Crippen molar-refractivity contribution in [3.8, 4) is 0 Å². The van der Waals surface area contributed by atoms with Crippen LogP contribution in [-0.2, 0) is 14.3 Å². The number of amides is 1. The van der Waals surface area contributed by atoms with Crippen molar-refractivity contribution in [1.29, 1.82) is 0 Å². The first-order chi connectivity index (χ1) is 31.5. The number of unbranched alkanes of at least 4 members (excludes halogenated alkanes) is 19. The second-order valence-corrected chi connectivity index (χ2v) is 17.5. The molecule has 6 nitrogen and oxygen atoms in total. The van der Waals surface area contributed by atoms with Gasteiger partial charge in [-0.15, -0.1) is 0 Å². The van der Waals surface area contributed by atoms with Crippen molar-refractivity contribution in [3.63, 3.8) is 0 Å². The smallest absolute Gasteiger partial charge is 0.306 e. The summed E-state index contributed by atoms with van der Waals surface area (Å²) in [7, 11) is 0. The van der Waals surface area contributed by atoms with Gasteiger partial charge >= 0.3 is 5.97 Å². The summed E-state index contributed by atoms with van der Waals surface area (Å²) in [5, 5.41) is 23.7. The summed E-state index contributed by atoms with van der Waals surface area (Å²) in [5.41, 5.74) is 0. The lowest BCUT2D eigenvalue weighted by molar-refractivity contribution is -0.150. The first kappa shape index (κ1) is 60.8. The fourth-order valence-electron chi connectivity index (χ4n) is 7.40. The molecule has 0 aromatic heterocycles. The minimum atomic E-state index is -0.821. The lowest BCUT2D eigenvalue weighted by atomic mass is 10.0. The van der Waals surface area contributed by atoms with E-state index < -0.39 is 18.2 Å². The molecule has 0 aromatic carbocycles. The van der Waals surface area contributed by atoms with Crippen LogP contribution >= 0.6 is 0 Å². The molecule has 0 saturated carbocycles. The molecule has 1 amide bonds. The third-order valence-corrected chi connectivity index (χ3v) is 11.4. The van der Waals surface area contributed by atoms with E-state index in [1.54, 1.807) is 0 Å². The van der Waals surface area contributed by atoms with E-state index in [2.05, 4.69) is 111 Å². The lowest BCUT2D eigenvalue weighted by Crippen LogP contribution is -2.46. The molecule has 0 spiro atoms. The van der Waals surface area contributed by atoms with Gasteiger partial charge in [0.1, 0.15) is 6.10 Å². The maximum absolute atomic E-state index is 13.2. The second kappa shape index (κ2) is 50.8. The standard InChI is InChI=1S/C58H99NO5/c1-4-7-10-13-16-19-22-25-27-28-30-33-36-39-42-45-48-51-58(63)64-54(49-46-43-40-37-34-32-29-26-23-20-17-14-11-8-5-2)52-57(62)59-55(53-60)56(61)50-47-44-41-38-35-31-24-21-18-15-12-9-6-3/h8,11,16-17,19-20,25-27,29-30,33-34,37,43,46,54-56,60-61H,4-7,9-10,12-15,18,21-24,28,31-32,35-36,38-42,44-45,47-53H2,1-3H3,(H,59,62)/b11-8-,19-16-,20-17-,27-25-,29-26-,33-30-,37-34-,46-43-. The van der Waals surface area contributed by atoms with E-state index in [1.807, 2.05) is 12.2 Å². The number of nitrogens with one attached hydrogen (secondary N) is 1. The van der Waals surface area contributed by atoms with Crippen molar-refractivity contribution >= 4 is 11.9 Å². The van der Waals surface area contributed by atoms with Crippen molar-refractivity contribution in [1.82, 2.24) is 5.32 Å². The number of allylic oxidation sites excluding steroid dienone is 15. The summed E-state index contributed by atoms with van der Waals surface area (Å²) < 4.78 is 5.86. The van der Waals surface area contributed by atoms with Crippen LogP contribution in [0.25, 0.3) is 0 Å².